The van der Waals surface area contributed by atoms with E-state index in [1.54, 1.807) is 27.7 Å². The Morgan fingerprint density at radius 2 is 0.521 bits per heavy atom. The molecule has 73 heavy (non-hydrogen) atoms. The Hall–Kier alpha value is -0.540. The number of hydrogen-bond acceptors (Lipinski definition) is 18. The maximum absolute atomic E-state index is 11.3. The van der Waals surface area contributed by atoms with Gasteiger partial charge in [0.2, 0.25) is 0 Å². The predicted octanol–water partition coefficient (Wildman–Crippen LogP) is 3.04. The maximum atomic E-state index is 11.3. The average molecular weight is 1160 g/mol. The van der Waals surface area contributed by atoms with Gasteiger partial charge in [-0.1, -0.05) is 27.7 Å². The van der Waals surface area contributed by atoms with E-state index in [9.17, 15) is 50.5 Å². The highest BCUT2D eigenvalue weighted by Gasteiger charge is 2.39. The molecule has 0 unspecified atom stereocenters. The number of sulfone groups is 6. The van der Waals surface area contributed by atoms with Crippen molar-refractivity contribution in [3.05, 3.63) is 0 Å². The molecule has 18 nitrogen and oxygen atoms in total. The van der Waals surface area contributed by atoms with Gasteiger partial charge in [-0.05, 0) is 101 Å². The molecular weight excluding hydrogens is 1060 g/mol. The minimum absolute atomic E-state index is 0.0927. The lowest BCUT2D eigenvalue weighted by molar-refractivity contribution is 0.0803. The van der Waals surface area contributed by atoms with Crippen LogP contribution in [0, 0.1) is 17.8 Å². The normalized spacial score (nSPS) is 21.2. The molecule has 6 aliphatic rings. The van der Waals surface area contributed by atoms with Gasteiger partial charge in [-0.3, -0.25) is 14.7 Å². The maximum Gasteiger partial charge on any atom is 0.155 e. The van der Waals surface area contributed by atoms with E-state index in [1.165, 1.54) is 12.5 Å². The summed E-state index contributed by atoms with van der Waals surface area (Å²) in [5.41, 5.74) is 0. The molecule has 0 atom stereocenters. The summed E-state index contributed by atoms with van der Waals surface area (Å²) < 4.78 is 134. The first kappa shape index (κ1) is 70.5. The van der Waals surface area contributed by atoms with Crippen LogP contribution in [0.2, 0.25) is 0 Å². The number of nitrogens with zero attached hydrogens (tertiary/aromatic N) is 6. The van der Waals surface area contributed by atoms with Gasteiger partial charge >= 0.3 is 0 Å². The van der Waals surface area contributed by atoms with Crippen LogP contribution in [0.5, 0.6) is 0 Å². The minimum Gasteiger partial charge on any atom is -0.300 e. The van der Waals surface area contributed by atoms with Crippen LogP contribution in [0.1, 0.15) is 111 Å². The van der Waals surface area contributed by atoms with E-state index in [2.05, 4.69) is 112 Å². The lowest BCUT2D eigenvalue weighted by Crippen LogP contribution is -2.57. The molecule has 6 heterocycles. The molecule has 0 aromatic heterocycles. The lowest BCUT2D eigenvalue weighted by Gasteiger charge is -2.41. The van der Waals surface area contributed by atoms with E-state index in [0.29, 0.717) is 71.3 Å². The van der Waals surface area contributed by atoms with Gasteiger partial charge in [0.15, 0.2) is 29.5 Å². The fourth-order valence-electron chi connectivity index (χ4n) is 8.66. The summed E-state index contributed by atoms with van der Waals surface area (Å²) in [5.74, 6) is 3.39. The first-order valence-corrected chi connectivity index (χ1v) is 37.9. The molecule has 0 aromatic carbocycles. The first-order chi connectivity index (χ1) is 33.1. The summed E-state index contributed by atoms with van der Waals surface area (Å²) in [5, 5.41) is -0.292. The molecule has 6 fully saturated rings. The van der Waals surface area contributed by atoms with E-state index >= 15 is 0 Å². The summed E-state index contributed by atoms with van der Waals surface area (Å²) in [6.45, 7) is 42.3. The van der Waals surface area contributed by atoms with Crippen molar-refractivity contribution in [2.24, 2.45) is 17.8 Å². The van der Waals surface area contributed by atoms with E-state index in [1.807, 2.05) is 0 Å². The van der Waals surface area contributed by atoms with Crippen LogP contribution in [0.3, 0.4) is 0 Å². The van der Waals surface area contributed by atoms with E-state index in [4.69, 9.17) is 0 Å². The Labute approximate surface area is 448 Å². The van der Waals surface area contributed by atoms with E-state index in [0.717, 1.165) is 78.5 Å². The monoisotopic (exact) mass is 1160 g/mol. The standard InChI is InChI=1S/2C9H19NO2S.3C8H17NO2S.C7H15NO2S/c2*1-4-13(11,12)7-9-5-10(6-9)8(2)3;1-7(2)9-4-8(5-9)6-12(3,10)11;2*1-4-12(10,11)8-5-9(6-8)7(2)3;1-6(2)8-4-7(5-8)11(3,9)10/h2*8-9H,4-7H2,1-3H3;3*7-8H,4-6H2,1-3H3;6-7H,4-5H2,1-3H3. The topological polar surface area (TPSA) is 224 Å². The molecular formula is C49H104N6O12S6. The van der Waals surface area contributed by atoms with Crippen molar-refractivity contribution in [3.63, 3.8) is 0 Å². The van der Waals surface area contributed by atoms with Gasteiger partial charge in [-0.25, -0.2) is 50.5 Å². The van der Waals surface area contributed by atoms with Gasteiger partial charge in [0, 0.05) is 150 Å². The molecule has 438 valence electrons. The second-order valence-electron chi connectivity index (χ2n) is 23.0. The Bertz CT molecular complexity index is 2180. The van der Waals surface area contributed by atoms with Crippen molar-refractivity contribution < 1.29 is 50.5 Å². The van der Waals surface area contributed by atoms with Crippen LogP contribution in [0.15, 0.2) is 0 Å². The third kappa shape index (κ3) is 25.4. The highest BCUT2D eigenvalue weighted by Crippen LogP contribution is 2.23. The SMILES string of the molecule is CC(C)N1CC(CS(C)(=O)=O)C1.CC(C)N1CC(S(C)(=O)=O)C1.CCS(=O)(=O)C1CN(C(C)C)C1.CCS(=O)(=O)C1CN(C(C)C)C1.CCS(=O)(=O)CC1CN(C(C)C)C1.CCS(=O)(=O)CC1CN(C(C)C)C1. The van der Waals surface area contributed by atoms with Crippen LogP contribution in [-0.2, 0) is 59.0 Å². The second kappa shape index (κ2) is 30.2. The highest BCUT2D eigenvalue weighted by atomic mass is 32.2. The summed E-state index contributed by atoms with van der Waals surface area (Å²) in [4.78, 5) is 13.4. The van der Waals surface area contributed by atoms with Gasteiger partial charge < -0.3 is 14.7 Å². The van der Waals surface area contributed by atoms with Crippen LogP contribution in [0.25, 0.3) is 0 Å². The second-order valence-corrected chi connectivity index (χ2v) is 37.4. The number of likely N-dealkylation sites (tertiary alicyclic amines) is 6. The van der Waals surface area contributed by atoms with Crippen molar-refractivity contribution in [1.82, 2.24) is 29.4 Å². The smallest absolute Gasteiger partial charge is 0.155 e. The van der Waals surface area contributed by atoms with Gasteiger partial charge in [0.05, 0.1) is 33.0 Å². The van der Waals surface area contributed by atoms with Gasteiger partial charge in [0.1, 0.15) is 29.5 Å². The largest absolute Gasteiger partial charge is 0.300 e. The van der Waals surface area contributed by atoms with Crippen LogP contribution in [0.4, 0.5) is 0 Å². The van der Waals surface area contributed by atoms with Crippen molar-refractivity contribution >= 4 is 59.0 Å². The average Bonchev–Trinajstić information content (AvgIpc) is 3.13. The summed E-state index contributed by atoms with van der Waals surface area (Å²) in [7, 11) is -16.6. The molecule has 0 radical (unpaired) electrons. The Kier molecular flexibility index (Phi) is 29.1. The molecule has 0 N–H and O–H groups in total. The predicted molar refractivity (Wildman–Crippen MR) is 304 cm³/mol. The summed E-state index contributed by atoms with van der Waals surface area (Å²) in [6, 6.07) is 3.11. The molecule has 0 amide bonds. The third-order valence-corrected chi connectivity index (χ3v) is 25.3. The number of hydrogen-bond donors (Lipinski definition) is 0. The summed E-state index contributed by atoms with van der Waals surface area (Å²) in [6.07, 6.45) is 2.63. The first-order valence-electron chi connectivity index (χ1n) is 26.8. The van der Waals surface area contributed by atoms with Crippen LogP contribution < -0.4 is 0 Å². The van der Waals surface area contributed by atoms with Crippen molar-refractivity contribution in [2.45, 2.75) is 163 Å². The van der Waals surface area contributed by atoms with Gasteiger partial charge in [-0.2, -0.15) is 0 Å². The fraction of sp³-hybridized carbons (Fsp3) is 1.00. The fourth-order valence-corrected chi connectivity index (χ4v) is 15.6. The van der Waals surface area contributed by atoms with Gasteiger partial charge in [0.25, 0.3) is 0 Å². The zero-order valence-corrected chi connectivity index (χ0v) is 53.3. The zero-order valence-electron chi connectivity index (χ0n) is 48.4. The van der Waals surface area contributed by atoms with Crippen molar-refractivity contribution in [2.75, 3.05) is 131 Å². The molecule has 0 aliphatic carbocycles. The molecule has 0 saturated carbocycles. The Morgan fingerprint density at radius 3 is 0.699 bits per heavy atom. The molecule has 6 rings (SSSR count). The highest BCUT2D eigenvalue weighted by molar-refractivity contribution is 7.93. The molecule has 6 saturated heterocycles. The van der Waals surface area contributed by atoms with E-state index < -0.39 is 59.0 Å². The van der Waals surface area contributed by atoms with Crippen molar-refractivity contribution in [3.8, 4) is 0 Å². The van der Waals surface area contributed by atoms with Crippen LogP contribution >= 0.6 is 0 Å². The Balaban J connectivity index is 0.000000438. The van der Waals surface area contributed by atoms with Gasteiger partial charge in [-0.15, -0.1) is 0 Å². The summed E-state index contributed by atoms with van der Waals surface area (Å²) >= 11 is 0. The van der Waals surface area contributed by atoms with Crippen LogP contribution in [-0.4, -0.2) is 263 Å². The minimum atomic E-state index is -2.77. The molecule has 0 bridgehead atoms. The zero-order chi connectivity index (χ0) is 56.8. The van der Waals surface area contributed by atoms with Crippen molar-refractivity contribution in [1.29, 1.82) is 0 Å². The number of rotatable bonds is 19. The quantitative estimate of drug-likeness (QED) is 0.181. The molecule has 0 aromatic rings. The molecule has 24 heteroatoms. The van der Waals surface area contributed by atoms with E-state index in [-0.39, 0.29) is 38.8 Å². The molecule has 6 aliphatic heterocycles. The molecule has 0 spiro atoms. The third-order valence-electron chi connectivity index (χ3n) is 14.8. The Morgan fingerprint density at radius 1 is 0.315 bits per heavy atom. The lowest BCUT2D eigenvalue weighted by atomic mass is 10.0.